The van der Waals surface area contributed by atoms with E-state index >= 15 is 0 Å². The first-order valence-corrected chi connectivity index (χ1v) is 7.85. The Labute approximate surface area is 123 Å². The summed E-state index contributed by atoms with van der Waals surface area (Å²) in [7, 11) is -3.82. The third-order valence-electron chi connectivity index (χ3n) is 3.36. The number of hydrogen-bond acceptors (Lipinski definition) is 3. The normalized spacial score (nSPS) is 11.4. The molecule has 4 nitrogen and oxygen atoms in total. The zero-order valence-electron chi connectivity index (χ0n) is 12.1. The van der Waals surface area contributed by atoms with Crippen molar-refractivity contribution in [2.75, 3.05) is 10.5 Å². The summed E-state index contributed by atoms with van der Waals surface area (Å²) in [5.41, 5.74) is 8.11. The van der Waals surface area contributed by atoms with E-state index in [1.165, 1.54) is 18.2 Å². The maximum Gasteiger partial charge on any atom is 0.262 e. The van der Waals surface area contributed by atoms with E-state index in [-0.39, 0.29) is 10.6 Å². The van der Waals surface area contributed by atoms with Gasteiger partial charge in [-0.25, -0.2) is 12.8 Å². The van der Waals surface area contributed by atoms with E-state index in [9.17, 15) is 12.8 Å². The third-order valence-corrected chi connectivity index (χ3v) is 4.86. The molecule has 112 valence electrons. The van der Waals surface area contributed by atoms with E-state index in [2.05, 4.69) is 4.72 Å². The van der Waals surface area contributed by atoms with Crippen LogP contribution in [0, 0.1) is 26.6 Å². The smallest absolute Gasteiger partial charge is 0.262 e. The highest BCUT2D eigenvalue weighted by molar-refractivity contribution is 7.92. The fourth-order valence-electron chi connectivity index (χ4n) is 2.00. The Morgan fingerprint density at radius 2 is 1.71 bits per heavy atom. The molecule has 0 aromatic heterocycles. The predicted octanol–water partition coefficient (Wildman–Crippen LogP) is 3.13. The molecule has 0 aliphatic rings. The number of nitrogens with one attached hydrogen (secondary N) is 1. The van der Waals surface area contributed by atoms with Crippen molar-refractivity contribution >= 4 is 21.4 Å². The van der Waals surface area contributed by atoms with Crippen molar-refractivity contribution in [3.05, 3.63) is 52.8 Å². The Bertz CT molecular complexity index is 802. The van der Waals surface area contributed by atoms with Gasteiger partial charge < -0.3 is 5.73 Å². The summed E-state index contributed by atoms with van der Waals surface area (Å²) < 4.78 is 40.8. The fraction of sp³-hybridized carbons (Fsp3) is 0.200. The van der Waals surface area contributed by atoms with Crippen molar-refractivity contribution in [3.8, 4) is 0 Å². The van der Waals surface area contributed by atoms with Crippen molar-refractivity contribution < 1.29 is 12.8 Å². The Morgan fingerprint density at radius 3 is 2.33 bits per heavy atom. The summed E-state index contributed by atoms with van der Waals surface area (Å²) in [6, 6.07) is 7.30. The van der Waals surface area contributed by atoms with E-state index in [4.69, 9.17) is 5.73 Å². The van der Waals surface area contributed by atoms with Gasteiger partial charge in [0, 0.05) is 5.69 Å². The molecule has 0 atom stereocenters. The molecule has 3 N–H and O–H groups in total. The molecular weight excluding hydrogens is 291 g/mol. The molecule has 0 unspecified atom stereocenters. The van der Waals surface area contributed by atoms with Crippen molar-refractivity contribution in [2.24, 2.45) is 0 Å². The van der Waals surface area contributed by atoms with Gasteiger partial charge in [0.05, 0.1) is 10.6 Å². The Morgan fingerprint density at radius 1 is 1.05 bits per heavy atom. The van der Waals surface area contributed by atoms with Crippen LogP contribution in [0.5, 0.6) is 0 Å². The molecule has 0 aliphatic heterocycles. The van der Waals surface area contributed by atoms with Crippen molar-refractivity contribution in [1.82, 2.24) is 0 Å². The van der Waals surface area contributed by atoms with E-state index in [1.807, 2.05) is 0 Å². The molecule has 6 heteroatoms. The molecule has 0 saturated carbocycles. The molecule has 21 heavy (non-hydrogen) atoms. The zero-order chi connectivity index (χ0) is 15.8. The molecule has 0 saturated heterocycles. The van der Waals surface area contributed by atoms with E-state index in [1.54, 1.807) is 26.8 Å². The first-order valence-electron chi connectivity index (χ1n) is 6.36. The fourth-order valence-corrected chi connectivity index (χ4v) is 3.40. The second kappa shape index (κ2) is 5.37. The van der Waals surface area contributed by atoms with Gasteiger partial charge in [0.15, 0.2) is 0 Å². The predicted molar refractivity (Wildman–Crippen MR) is 82.3 cm³/mol. The van der Waals surface area contributed by atoms with Gasteiger partial charge in [-0.05, 0) is 61.7 Å². The van der Waals surface area contributed by atoms with Crippen LogP contribution in [0.1, 0.15) is 16.7 Å². The van der Waals surface area contributed by atoms with Gasteiger partial charge in [0.1, 0.15) is 5.82 Å². The second-order valence-electron chi connectivity index (χ2n) is 5.03. The summed E-state index contributed by atoms with van der Waals surface area (Å²) in [6.45, 7) is 5.11. The van der Waals surface area contributed by atoms with Crippen LogP contribution in [0.2, 0.25) is 0 Å². The van der Waals surface area contributed by atoms with E-state index < -0.39 is 15.8 Å². The quantitative estimate of drug-likeness (QED) is 0.856. The molecule has 2 aromatic carbocycles. The van der Waals surface area contributed by atoms with Gasteiger partial charge in [-0.15, -0.1) is 0 Å². The van der Waals surface area contributed by atoms with Gasteiger partial charge in [-0.2, -0.15) is 0 Å². The Kier molecular flexibility index (Phi) is 3.91. The molecule has 0 spiro atoms. The average molecular weight is 308 g/mol. The number of anilines is 2. The van der Waals surface area contributed by atoms with Crippen LogP contribution in [0.15, 0.2) is 35.2 Å². The minimum absolute atomic E-state index is 0.0981. The maximum absolute atomic E-state index is 13.5. The van der Waals surface area contributed by atoms with Gasteiger partial charge in [0.25, 0.3) is 10.0 Å². The molecule has 0 fully saturated rings. The van der Waals surface area contributed by atoms with Gasteiger partial charge >= 0.3 is 0 Å². The maximum atomic E-state index is 13.5. The van der Waals surface area contributed by atoms with E-state index in [0.717, 1.165) is 11.6 Å². The molecule has 2 aromatic rings. The van der Waals surface area contributed by atoms with Crippen LogP contribution in [-0.2, 0) is 10.0 Å². The van der Waals surface area contributed by atoms with Crippen molar-refractivity contribution in [3.63, 3.8) is 0 Å². The third kappa shape index (κ3) is 3.16. The lowest BCUT2D eigenvalue weighted by molar-refractivity contribution is 0.600. The summed E-state index contributed by atoms with van der Waals surface area (Å²) in [5.74, 6) is -0.462. The highest BCUT2D eigenvalue weighted by atomic mass is 32.2. The zero-order valence-corrected chi connectivity index (χ0v) is 12.9. The molecule has 0 amide bonds. The second-order valence-corrected chi connectivity index (χ2v) is 6.68. The average Bonchev–Trinajstić information content (AvgIpc) is 2.37. The molecule has 0 radical (unpaired) electrons. The molecular formula is C15H17FN2O2S. The highest BCUT2D eigenvalue weighted by Gasteiger charge is 2.19. The summed E-state index contributed by atoms with van der Waals surface area (Å²) in [6.07, 6.45) is 0. The van der Waals surface area contributed by atoms with Crippen LogP contribution in [0.3, 0.4) is 0 Å². The first kappa shape index (κ1) is 15.3. The number of sulfonamides is 1. The molecule has 0 bridgehead atoms. The van der Waals surface area contributed by atoms with Crippen molar-refractivity contribution in [2.45, 2.75) is 25.7 Å². The first-order chi connectivity index (χ1) is 9.70. The number of halogens is 1. The van der Waals surface area contributed by atoms with Crippen LogP contribution in [0.4, 0.5) is 15.8 Å². The molecule has 0 aliphatic carbocycles. The standard InChI is InChI=1S/C15H17FN2O2S/c1-9-4-5-13(8-14(9)16)18-21(19,20)15-7-12(17)6-10(2)11(15)3/h4-8,18H,17H2,1-3H3. The van der Waals surface area contributed by atoms with Crippen LogP contribution < -0.4 is 10.5 Å². The monoisotopic (exact) mass is 308 g/mol. The number of benzene rings is 2. The topological polar surface area (TPSA) is 72.2 Å². The number of aryl methyl sites for hydroxylation is 2. The SMILES string of the molecule is Cc1ccc(NS(=O)(=O)c2cc(N)cc(C)c2C)cc1F. The van der Waals surface area contributed by atoms with E-state index in [0.29, 0.717) is 16.8 Å². The largest absolute Gasteiger partial charge is 0.399 e. The lowest BCUT2D eigenvalue weighted by Gasteiger charge is -2.13. The number of nitrogen functional groups attached to an aromatic ring is 1. The number of hydrogen-bond donors (Lipinski definition) is 2. The highest BCUT2D eigenvalue weighted by Crippen LogP contribution is 2.25. The van der Waals surface area contributed by atoms with Gasteiger partial charge in [0.2, 0.25) is 0 Å². The van der Waals surface area contributed by atoms with Gasteiger partial charge in [-0.3, -0.25) is 4.72 Å². The number of nitrogens with two attached hydrogens (primary N) is 1. The summed E-state index contributed by atoms with van der Waals surface area (Å²) >= 11 is 0. The summed E-state index contributed by atoms with van der Waals surface area (Å²) in [4.78, 5) is 0.0981. The van der Waals surface area contributed by atoms with Crippen LogP contribution in [0.25, 0.3) is 0 Å². The summed E-state index contributed by atoms with van der Waals surface area (Å²) in [5, 5.41) is 0. The molecule has 0 heterocycles. The minimum Gasteiger partial charge on any atom is -0.399 e. The van der Waals surface area contributed by atoms with Crippen LogP contribution >= 0.6 is 0 Å². The van der Waals surface area contributed by atoms with Gasteiger partial charge in [-0.1, -0.05) is 6.07 Å². The number of rotatable bonds is 3. The lowest BCUT2D eigenvalue weighted by atomic mass is 10.1. The minimum atomic E-state index is -3.82. The Hall–Kier alpha value is -2.08. The van der Waals surface area contributed by atoms with Crippen LogP contribution in [-0.4, -0.2) is 8.42 Å². The Balaban J connectivity index is 2.45. The van der Waals surface area contributed by atoms with Crippen molar-refractivity contribution in [1.29, 1.82) is 0 Å². The molecule has 2 rings (SSSR count). The lowest BCUT2D eigenvalue weighted by Crippen LogP contribution is -2.15.